The van der Waals surface area contributed by atoms with E-state index in [0.717, 1.165) is 37.6 Å². The van der Waals surface area contributed by atoms with Crippen LogP contribution in [0.3, 0.4) is 0 Å². The Hall–Kier alpha value is -1.80. The summed E-state index contributed by atoms with van der Waals surface area (Å²) in [7, 11) is -3.34. The Morgan fingerprint density at radius 3 is 2.53 bits per heavy atom. The Kier molecular flexibility index (Phi) is 7.63. The van der Waals surface area contributed by atoms with E-state index in [1.54, 1.807) is 30.3 Å². The fourth-order valence-electron chi connectivity index (χ4n) is 3.70. The summed E-state index contributed by atoms with van der Waals surface area (Å²) in [5.74, 6) is -0.195. The second-order valence-electron chi connectivity index (χ2n) is 7.42. The van der Waals surface area contributed by atoms with E-state index in [1.165, 1.54) is 0 Å². The largest absolute Gasteiger partial charge is 0.351 e. The van der Waals surface area contributed by atoms with Gasteiger partial charge in [-0.25, -0.2) is 8.42 Å². The Labute approximate surface area is 187 Å². The van der Waals surface area contributed by atoms with Crippen molar-refractivity contribution in [1.29, 1.82) is 0 Å². The third-order valence-electron chi connectivity index (χ3n) is 5.07. The first-order chi connectivity index (χ1) is 14.2. The maximum absolute atomic E-state index is 12.4. The van der Waals surface area contributed by atoms with E-state index in [4.69, 9.17) is 23.2 Å². The first-order valence-electron chi connectivity index (χ1n) is 9.78. The highest BCUT2D eigenvalue weighted by Gasteiger charge is 2.25. The summed E-state index contributed by atoms with van der Waals surface area (Å²) in [6, 6.07) is 12.2. The minimum absolute atomic E-state index is 0.195. The van der Waals surface area contributed by atoms with Gasteiger partial charge in [0.25, 0.3) is 5.91 Å². The van der Waals surface area contributed by atoms with Gasteiger partial charge < -0.3 is 5.32 Å². The molecule has 1 unspecified atom stereocenters. The fraction of sp³-hybridized carbons (Fsp3) is 0.381. The van der Waals surface area contributed by atoms with E-state index in [2.05, 4.69) is 14.9 Å². The highest BCUT2D eigenvalue weighted by Crippen LogP contribution is 2.35. The molecular weight excluding hydrogens is 445 g/mol. The second-order valence-corrected chi connectivity index (χ2v) is 10.0. The predicted octanol–water partition coefficient (Wildman–Crippen LogP) is 4.32. The van der Waals surface area contributed by atoms with E-state index in [0.29, 0.717) is 34.4 Å². The molecule has 0 saturated carbocycles. The van der Waals surface area contributed by atoms with Crippen molar-refractivity contribution in [2.45, 2.75) is 25.3 Å². The molecule has 162 valence electrons. The van der Waals surface area contributed by atoms with Gasteiger partial charge in [-0.2, -0.15) is 0 Å². The minimum Gasteiger partial charge on any atom is -0.351 e. The SMILES string of the molecule is CS(=O)(=O)Nc1ccc(C(=O)NCCN2CCCCC2c2ccc(Cl)cc2Cl)cc1. The van der Waals surface area contributed by atoms with Gasteiger partial charge in [-0.1, -0.05) is 35.7 Å². The summed E-state index contributed by atoms with van der Waals surface area (Å²) >= 11 is 12.5. The number of amides is 1. The maximum Gasteiger partial charge on any atom is 0.251 e. The standard InChI is InChI=1S/C21H25Cl2N3O3S/c1-30(28,29)25-17-8-5-15(6-9-17)21(27)24-11-13-26-12-3-2-4-20(26)18-10-7-16(22)14-19(18)23/h5-10,14,20,25H,2-4,11-13H2,1H3,(H,24,27). The number of hydrogen-bond donors (Lipinski definition) is 2. The Morgan fingerprint density at radius 2 is 1.87 bits per heavy atom. The number of carbonyl (C=O) groups is 1. The van der Waals surface area contributed by atoms with Crippen LogP contribution in [0, 0.1) is 0 Å². The second kappa shape index (κ2) is 10.0. The Morgan fingerprint density at radius 1 is 1.13 bits per heavy atom. The monoisotopic (exact) mass is 469 g/mol. The molecular formula is C21H25Cl2N3O3S. The third kappa shape index (κ3) is 6.35. The Balaban J connectivity index is 1.57. The van der Waals surface area contributed by atoms with Gasteiger partial charge in [-0.3, -0.25) is 14.4 Å². The van der Waals surface area contributed by atoms with Gasteiger partial charge >= 0.3 is 0 Å². The van der Waals surface area contributed by atoms with Crippen LogP contribution in [0.5, 0.6) is 0 Å². The zero-order valence-electron chi connectivity index (χ0n) is 16.7. The number of nitrogens with one attached hydrogen (secondary N) is 2. The number of halogens is 2. The molecule has 6 nitrogen and oxygen atoms in total. The van der Waals surface area contributed by atoms with Gasteiger partial charge in [0.15, 0.2) is 0 Å². The number of benzene rings is 2. The molecule has 2 N–H and O–H groups in total. The molecule has 1 heterocycles. The summed E-state index contributed by atoms with van der Waals surface area (Å²) in [5.41, 5.74) is 1.97. The summed E-state index contributed by atoms with van der Waals surface area (Å²) < 4.78 is 24.9. The van der Waals surface area contributed by atoms with Gasteiger partial charge in [-0.05, 0) is 61.3 Å². The molecule has 0 bridgehead atoms. The quantitative estimate of drug-likeness (QED) is 0.632. The fourth-order valence-corrected chi connectivity index (χ4v) is 4.80. The first kappa shape index (κ1) is 22.9. The van der Waals surface area contributed by atoms with Crippen LogP contribution in [-0.2, 0) is 10.0 Å². The summed E-state index contributed by atoms with van der Waals surface area (Å²) in [6.45, 7) is 2.16. The topological polar surface area (TPSA) is 78.5 Å². The van der Waals surface area contributed by atoms with Crippen molar-refractivity contribution in [3.8, 4) is 0 Å². The van der Waals surface area contributed by atoms with Crippen LogP contribution in [-0.4, -0.2) is 45.1 Å². The number of piperidine rings is 1. The molecule has 0 aliphatic carbocycles. The molecule has 2 aromatic carbocycles. The van der Waals surface area contributed by atoms with E-state index in [-0.39, 0.29) is 11.9 Å². The van der Waals surface area contributed by atoms with E-state index < -0.39 is 10.0 Å². The molecule has 0 radical (unpaired) electrons. The molecule has 1 aliphatic rings. The predicted molar refractivity (Wildman–Crippen MR) is 122 cm³/mol. The van der Waals surface area contributed by atoms with Gasteiger partial charge in [-0.15, -0.1) is 0 Å². The Bertz CT molecular complexity index is 997. The molecule has 0 spiro atoms. The summed E-state index contributed by atoms with van der Waals surface area (Å²) in [5, 5.41) is 4.23. The molecule has 1 fully saturated rings. The van der Waals surface area contributed by atoms with Crippen LogP contribution in [0.1, 0.15) is 41.2 Å². The lowest BCUT2D eigenvalue weighted by Crippen LogP contribution is -2.39. The normalized spacial score (nSPS) is 17.5. The highest BCUT2D eigenvalue weighted by molar-refractivity contribution is 7.92. The molecule has 1 aliphatic heterocycles. The van der Waals surface area contributed by atoms with Crippen LogP contribution in [0.15, 0.2) is 42.5 Å². The number of carbonyl (C=O) groups excluding carboxylic acids is 1. The molecule has 3 rings (SSSR count). The van der Waals surface area contributed by atoms with Crippen molar-refractivity contribution in [3.63, 3.8) is 0 Å². The lowest BCUT2D eigenvalue weighted by atomic mass is 9.95. The number of rotatable bonds is 7. The average Bonchev–Trinajstić information content (AvgIpc) is 2.68. The number of hydrogen-bond acceptors (Lipinski definition) is 4. The van der Waals surface area contributed by atoms with Crippen molar-refractivity contribution in [1.82, 2.24) is 10.2 Å². The smallest absolute Gasteiger partial charge is 0.251 e. The number of nitrogens with zero attached hydrogens (tertiary/aromatic N) is 1. The molecule has 9 heteroatoms. The molecule has 0 aromatic heterocycles. The van der Waals surface area contributed by atoms with Crippen molar-refractivity contribution in [2.24, 2.45) is 0 Å². The zero-order valence-corrected chi connectivity index (χ0v) is 19.0. The van der Waals surface area contributed by atoms with Crippen molar-refractivity contribution in [3.05, 3.63) is 63.6 Å². The van der Waals surface area contributed by atoms with Crippen molar-refractivity contribution < 1.29 is 13.2 Å². The zero-order chi connectivity index (χ0) is 21.7. The summed E-state index contributed by atoms with van der Waals surface area (Å²) in [6.07, 6.45) is 4.35. The van der Waals surface area contributed by atoms with E-state index >= 15 is 0 Å². The van der Waals surface area contributed by atoms with Gasteiger partial charge in [0.05, 0.1) is 6.26 Å². The van der Waals surface area contributed by atoms with Crippen LogP contribution >= 0.6 is 23.2 Å². The third-order valence-corrected chi connectivity index (χ3v) is 6.24. The van der Waals surface area contributed by atoms with E-state index in [9.17, 15) is 13.2 Å². The number of anilines is 1. The van der Waals surface area contributed by atoms with Gasteiger partial charge in [0.1, 0.15) is 0 Å². The van der Waals surface area contributed by atoms with Crippen LogP contribution in [0.25, 0.3) is 0 Å². The van der Waals surface area contributed by atoms with Crippen molar-refractivity contribution >= 4 is 44.8 Å². The highest BCUT2D eigenvalue weighted by atomic mass is 35.5. The molecule has 1 amide bonds. The molecule has 2 aromatic rings. The van der Waals surface area contributed by atoms with Gasteiger partial charge in [0, 0.05) is 40.4 Å². The number of sulfonamides is 1. The lowest BCUT2D eigenvalue weighted by molar-refractivity contribution is 0.0935. The number of likely N-dealkylation sites (tertiary alicyclic amines) is 1. The average molecular weight is 470 g/mol. The molecule has 30 heavy (non-hydrogen) atoms. The van der Waals surface area contributed by atoms with Crippen molar-refractivity contribution in [2.75, 3.05) is 30.6 Å². The van der Waals surface area contributed by atoms with Crippen LogP contribution < -0.4 is 10.0 Å². The first-order valence-corrected chi connectivity index (χ1v) is 12.4. The molecule has 1 atom stereocenters. The van der Waals surface area contributed by atoms with Crippen LogP contribution in [0.4, 0.5) is 5.69 Å². The van der Waals surface area contributed by atoms with Crippen LogP contribution in [0.2, 0.25) is 10.0 Å². The maximum atomic E-state index is 12.4. The lowest BCUT2D eigenvalue weighted by Gasteiger charge is -2.36. The summed E-state index contributed by atoms with van der Waals surface area (Å²) in [4.78, 5) is 14.8. The van der Waals surface area contributed by atoms with Gasteiger partial charge in [0.2, 0.25) is 10.0 Å². The minimum atomic E-state index is -3.34. The molecule has 1 saturated heterocycles. The van der Waals surface area contributed by atoms with E-state index in [1.807, 2.05) is 12.1 Å².